The lowest BCUT2D eigenvalue weighted by Gasteiger charge is -2.17. The van der Waals surface area contributed by atoms with Crippen LogP contribution in [0.4, 0.5) is 13.2 Å². The van der Waals surface area contributed by atoms with Crippen molar-refractivity contribution >= 4 is 5.91 Å². The quantitative estimate of drug-likeness (QED) is 0.676. The first-order chi connectivity index (χ1) is 5.71. The number of carbonyl (C=O) groups excluding carboxylic acids is 1. The molecule has 3 nitrogen and oxygen atoms in total. The Morgan fingerprint density at radius 1 is 1.54 bits per heavy atom. The van der Waals surface area contributed by atoms with Gasteiger partial charge in [0, 0.05) is 6.54 Å². The minimum atomic E-state index is -4.27. The Balaban J connectivity index is 2.55. The summed E-state index contributed by atoms with van der Waals surface area (Å²) in [6.07, 6.45) is -4.27. The van der Waals surface area contributed by atoms with E-state index in [0.29, 0.717) is 0 Å². The molecule has 0 radical (unpaired) electrons. The van der Waals surface area contributed by atoms with Crippen molar-refractivity contribution in [2.45, 2.75) is 20.0 Å². The summed E-state index contributed by atoms with van der Waals surface area (Å²) >= 11 is 0. The Labute approximate surface area is 73.9 Å². The monoisotopic (exact) mass is 196 g/mol. The van der Waals surface area contributed by atoms with E-state index in [1.807, 2.05) is 0 Å². The van der Waals surface area contributed by atoms with Crippen molar-refractivity contribution in [3.05, 3.63) is 0 Å². The molecular weight excluding hydrogens is 185 g/mol. The molecule has 1 aliphatic rings. The maximum atomic E-state index is 11.9. The van der Waals surface area contributed by atoms with Gasteiger partial charge in [0.05, 0.1) is 5.41 Å². The first kappa shape index (κ1) is 10.3. The van der Waals surface area contributed by atoms with Crippen LogP contribution in [0.1, 0.15) is 13.8 Å². The predicted octanol–water partition coefficient (Wildman–Crippen LogP) is 0.922. The van der Waals surface area contributed by atoms with E-state index >= 15 is 0 Å². The van der Waals surface area contributed by atoms with Gasteiger partial charge in [-0.3, -0.25) is 10.2 Å². The Morgan fingerprint density at radius 3 is 2.38 bits per heavy atom. The van der Waals surface area contributed by atoms with Gasteiger partial charge in [-0.2, -0.15) is 13.2 Å². The van der Waals surface area contributed by atoms with E-state index in [2.05, 4.69) is 5.43 Å². The van der Waals surface area contributed by atoms with Crippen LogP contribution < -0.4 is 5.43 Å². The summed E-state index contributed by atoms with van der Waals surface area (Å²) in [5.41, 5.74) is 1.44. The molecule has 0 bridgehead atoms. The van der Waals surface area contributed by atoms with Gasteiger partial charge in [0.2, 0.25) is 5.91 Å². The minimum Gasteiger partial charge on any atom is -0.288 e. The van der Waals surface area contributed by atoms with E-state index in [9.17, 15) is 18.0 Å². The second-order valence-corrected chi connectivity index (χ2v) is 3.80. The zero-order valence-corrected chi connectivity index (χ0v) is 7.40. The Morgan fingerprint density at radius 2 is 2.08 bits per heavy atom. The second kappa shape index (κ2) is 2.87. The fraction of sp³-hybridized carbons (Fsp3) is 0.857. The number of amides is 1. The number of rotatable bonds is 1. The van der Waals surface area contributed by atoms with Crippen LogP contribution in [0, 0.1) is 5.41 Å². The number of halogens is 3. The highest BCUT2D eigenvalue weighted by molar-refractivity contribution is 5.83. The summed E-state index contributed by atoms with van der Waals surface area (Å²) in [5.74, 6) is -0.364. The molecular formula is C7H11F3N2O. The van der Waals surface area contributed by atoms with E-state index in [-0.39, 0.29) is 12.5 Å². The first-order valence-corrected chi connectivity index (χ1v) is 3.83. The molecule has 0 saturated carbocycles. The van der Waals surface area contributed by atoms with Crippen molar-refractivity contribution in [1.82, 2.24) is 10.4 Å². The standard InChI is InChI=1S/C7H11F3N2O/c1-6(2)3-12(11-5(6)13)4-7(8,9)10/h3-4H2,1-2H3,(H,11,13). The second-order valence-electron chi connectivity index (χ2n) is 3.80. The van der Waals surface area contributed by atoms with Crippen molar-refractivity contribution < 1.29 is 18.0 Å². The van der Waals surface area contributed by atoms with Gasteiger partial charge >= 0.3 is 6.18 Å². The van der Waals surface area contributed by atoms with E-state index in [4.69, 9.17) is 0 Å². The SMILES string of the molecule is CC1(C)CN(CC(F)(F)F)NC1=O. The Bertz CT molecular complexity index is 224. The van der Waals surface area contributed by atoms with Crippen molar-refractivity contribution in [3.8, 4) is 0 Å². The summed E-state index contributed by atoms with van der Waals surface area (Å²) in [6.45, 7) is 2.21. The summed E-state index contributed by atoms with van der Waals surface area (Å²) in [6, 6.07) is 0. The number of hydrazine groups is 1. The summed E-state index contributed by atoms with van der Waals surface area (Å²) in [7, 11) is 0. The van der Waals surface area contributed by atoms with Crippen LogP contribution in [0.15, 0.2) is 0 Å². The molecule has 0 aromatic rings. The average Bonchev–Trinajstić information content (AvgIpc) is 2.01. The van der Waals surface area contributed by atoms with Crippen molar-refractivity contribution in [3.63, 3.8) is 0 Å². The van der Waals surface area contributed by atoms with Crippen molar-refractivity contribution in [2.75, 3.05) is 13.1 Å². The van der Waals surface area contributed by atoms with Crippen LogP contribution >= 0.6 is 0 Å². The molecule has 0 spiro atoms. The minimum absolute atomic E-state index is 0.0886. The van der Waals surface area contributed by atoms with Crippen LogP contribution in [-0.2, 0) is 4.79 Å². The largest absolute Gasteiger partial charge is 0.403 e. The normalized spacial score (nSPS) is 23.3. The van der Waals surface area contributed by atoms with Gasteiger partial charge in [0.25, 0.3) is 0 Å². The number of hydrogen-bond acceptors (Lipinski definition) is 2. The number of alkyl halides is 3. The van der Waals surface area contributed by atoms with Gasteiger partial charge in [0.15, 0.2) is 0 Å². The highest BCUT2D eigenvalue weighted by Gasteiger charge is 2.42. The number of nitrogens with zero attached hydrogens (tertiary/aromatic N) is 1. The summed E-state index contributed by atoms with van der Waals surface area (Å²) < 4.78 is 35.7. The topological polar surface area (TPSA) is 32.3 Å². The van der Waals surface area contributed by atoms with E-state index in [0.717, 1.165) is 5.01 Å². The van der Waals surface area contributed by atoms with Crippen LogP contribution in [-0.4, -0.2) is 30.2 Å². The molecule has 0 aliphatic carbocycles. The third-order valence-corrected chi connectivity index (χ3v) is 1.83. The summed E-state index contributed by atoms with van der Waals surface area (Å²) in [5, 5.41) is 0.891. The molecule has 0 atom stereocenters. The Kier molecular flexibility index (Phi) is 2.27. The molecule has 1 aliphatic heterocycles. The third kappa shape index (κ3) is 2.58. The van der Waals surface area contributed by atoms with Crippen LogP contribution in [0.25, 0.3) is 0 Å². The van der Waals surface area contributed by atoms with E-state index in [1.165, 1.54) is 0 Å². The molecule has 1 N–H and O–H groups in total. The van der Waals surface area contributed by atoms with Crippen LogP contribution in [0.2, 0.25) is 0 Å². The molecule has 13 heavy (non-hydrogen) atoms. The zero-order chi connectivity index (χ0) is 10.3. The van der Waals surface area contributed by atoms with Crippen molar-refractivity contribution in [2.24, 2.45) is 5.41 Å². The molecule has 0 aromatic carbocycles. The fourth-order valence-electron chi connectivity index (χ4n) is 1.20. The Hall–Kier alpha value is -0.780. The summed E-state index contributed by atoms with van der Waals surface area (Å²) in [4.78, 5) is 11.1. The van der Waals surface area contributed by atoms with Crippen LogP contribution in [0.5, 0.6) is 0 Å². The highest BCUT2D eigenvalue weighted by atomic mass is 19.4. The van der Waals surface area contributed by atoms with Gasteiger partial charge in [-0.1, -0.05) is 0 Å². The zero-order valence-electron chi connectivity index (χ0n) is 7.40. The van der Waals surface area contributed by atoms with Gasteiger partial charge in [-0.25, -0.2) is 5.01 Å². The molecule has 1 saturated heterocycles. The molecule has 1 fully saturated rings. The van der Waals surface area contributed by atoms with Gasteiger partial charge in [-0.05, 0) is 13.8 Å². The van der Waals surface area contributed by atoms with Crippen LogP contribution in [0.3, 0.4) is 0 Å². The lowest BCUT2D eigenvalue weighted by molar-refractivity contribution is -0.150. The van der Waals surface area contributed by atoms with E-state index in [1.54, 1.807) is 13.8 Å². The number of hydrogen-bond donors (Lipinski definition) is 1. The highest BCUT2D eigenvalue weighted by Crippen LogP contribution is 2.25. The lowest BCUT2D eigenvalue weighted by Crippen LogP contribution is -2.40. The average molecular weight is 196 g/mol. The molecule has 0 unspecified atom stereocenters. The molecule has 1 rings (SSSR count). The van der Waals surface area contributed by atoms with Gasteiger partial charge < -0.3 is 0 Å². The molecule has 1 heterocycles. The molecule has 0 aromatic heterocycles. The lowest BCUT2D eigenvalue weighted by atomic mass is 9.94. The molecule has 6 heteroatoms. The number of carbonyl (C=O) groups is 1. The smallest absolute Gasteiger partial charge is 0.288 e. The first-order valence-electron chi connectivity index (χ1n) is 3.83. The predicted molar refractivity (Wildman–Crippen MR) is 39.6 cm³/mol. The van der Waals surface area contributed by atoms with Gasteiger partial charge in [-0.15, -0.1) is 0 Å². The van der Waals surface area contributed by atoms with E-state index < -0.39 is 18.1 Å². The maximum Gasteiger partial charge on any atom is 0.403 e. The van der Waals surface area contributed by atoms with Gasteiger partial charge in [0.1, 0.15) is 6.54 Å². The number of nitrogens with one attached hydrogen (secondary N) is 1. The van der Waals surface area contributed by atoms with Crippen molar-refractivity contribution in [1.29, 1.82) is 0 Å². The fourth-order valence-corrected chi connectivity index (χ4v) is 1.20. The molecule has 76 valence electrons. The maximum absolute atomic E-state index is 11.9. The third-order valence-electron chi connectivity index (χ3n) is 1.83. The molecule has 1 amide bonds.